The molecule has 0 aliphatic heterocycles. The second-order valence-electron chi connectivity index (χ2n) is 4.36. The van der Waals surface area contributed by atoms with Crippen molar-refractivity contribution >= 4 is 19.5 Å². The first-order valence-electron chi connectivity index (χ1n) is 6.90. The lowest BCUT2D eigenvalue weighted by atomic mass is 10.2. The van der Waals surface area contributed by atoms with Crippen molar-refractivity contribution in [2.45, 2.75) is 33.2 Å². The summed E-state index contributed by atoms with van der Waals surface area (Å²) in [6.45, 7) is 5.03. The SMILES string of the molecule is CCOP(=O)(OCC(CC)Nc1ccccc1)OC(C)=O. The number of carbonyl (C=O) groups is 1. The zero-order chi connectivity index (χ0) is 15.7. The van der Waals surface area contributed by atoms with Gasteiger partial charge in [-0.05, 0) is 25.5 Å². The fraction of sp³-hybridized carbons (Fsp3) is 0.500. The first-order chi connectivity index (χ1) is 9.99. The molecule has 0 aliphatic carbocycles. The maximum absolute atomic E-state index is 12.2. The molecule has 0 saturated carbocycles. The first-order valence-corrected chi connectivity index (χ1v) is 8.36. The number of rotatable bonds is 9. The molecule has 0 saturated heterocycles. The molecule has 0 bridgehead atoms. The molecule has 1 aromatic rings. The minimum Gasteiger partial charge on any atom is -0.380 e. The Morgan fingerprint density at radius 2 is 1.90 bits per heavy atom. The normalized spacial score (nSPS) is 15.0. The summed E-state index contributed by atoms with van der Waals surface area (Å²) in [6, 6.07) is 9.54. The topological polar surface area (TPSA) is 73.9 Å². The van der Waals surface area contributed by atoms with E-state index in [4.69, 9.17) is 9.05 Å². The van der Waals surface area contributed by atoms with Crippen LogP contribution < -0.4 is 5.32 Å². The summed E-state index contributed by atoms with van der Waals surface area (Å²) in [5.41, 5.74) is 0.937. The molecular formula is C14H22NO5P. The molecule has 2 unspecified atom stereocenters. The van der Waals surface area contributed by atoms with Crippen molar-refractivity contribution in [2.24, 2.45) is 0 Å². The lowest BCUT2D eigenvalue weighted by Crippen LogP contribution is -2.24. The fourth-order valence-corrected chi connectivity index (χ4v) is 2.79. The molecule has 118 valence electrons. The summed E-state index contributed by atoms with van der Waals surface area (Å²) < 4.78 is 27.0. The van der Waals surface area contributed by atoms with E-state index in [0.717, 1.165) is 19.0 Å². The van der Waals surface area contributed by atoms with E-state index in [2.05, 4.69) is 9.84 Å². The maximum atomic E-state index is 12.2. The zero-order valence-corrected chi connectivity index (χ0v) is 13.5. The molecule has 0 aromatic heterocycles. The summed E-state index contributed by atoms with van der Waals surface area (Å²) in [5, 5.41) is 3.25. The third-order valence-electron chi connectivity index (χ3n) is 2.60. The monoisotopic (exact) mass is 315 g/mol. The number of hydrogen-bond acceptors (Lipinski definition) is 6. The molecular weight excluding hydrogens is 293 g/mol. The van der Waals surface area contributed by atoms with Gasteiger partial charge in [0.15, 0.2) is 0 Å². The Hall–Kier alpha value is -1.36. The van der Waals surface area contributed by atoms with Crippen molar-refractivity contribution < 1.29 is 22.9 Å². The lowest BCUT2D eigenvalue weighted by Gasteiger charge is -2.21. The van der Waals surface area contributed by atoms with Gasteiger partial charge in [-0.1, -0.05) is 25.1 Å². The number of carbonyl (C=O) groups excluding carboxylic acids is 1. The van der Waals surface area contributed by atoms with Gasteiger partial charge in [0.05, 0.1) is 13.2 Å². The van der Waals surface area contributed by atoms with E-state index in [1.54, 1.807) is 6.92 Å². The van der Waals surface area contributed by atoms with Crippen LogP contribution in [0.25, 0.3) is 0 Å². The van der Waals surface area contributed by atoms with Crippen molar-refractivity contribution in [1.82, 2.24) is 0 Å². The zero-order valence-electron chi connectivity index (χ0n) is 12.6. The Balaban J connectivity index is 2.59. The summed E-state index contributed by atoms with van der Waals surface area (Å²) in [4.78, 5) is 11.0. The Bertz CT molecular complexity index is 480. The summed E-state index contributed by atoms with van der Waals surface area (Å²) in [7, 11) is -3.84. The molecule has 0 amide bonds. The van der Waals surface area contributed by atoms with Crippen LogP contribution in [0.15, 0.2) is 30.3 Å². The van der Waals surface area contributed by atoms with Crippen molar-refractivity contribution in [1.29, 1.82) is 0 Å². The predicted octanol–water partition coefficient (Wildman–Crippen LogP) is 3.60. The average Bonchev–Trinajstić information content (AvgIpc) is 2.44. The quantitative estimate of drug-likeness (QED) is 0.702. The summed E-state index contributed by atoms with van der Waals surface area (Å²) >= 11 is 0. The van der Waals surface area contributed by atoms with Crippen LogP contribution in [0.2, 0.25) is 0 Å². The van der Waals surface area contributed by atoms with Gasteiger partial charge < -0.3 is 9.84 Å². The van der Waals surface area contributed by atoms with E-state index in [1.165, 1.54) is 0 Å². The van der Waals surface area contributed by atoms with Gasteiger partial charge >= 0.3 is 13.8 Å². The smallest absolute Gasteiger partial charge is 0.380 e. The number of benzene rings is 1. The van der Waals surface area contributed by atoms with Crippen LogP contribution in [0.4, 0.5) is 5.69 Å². The van der Waals surface area contributed by atoms with Gasteiger partial charge in [0, 0.05) is 18.7 Å². The van der Waals surface area contributed by atoms with Gasteiger partial charge in [-0.15, -0.1) is 0 Å². The standard InChI is InChI=1S/C14H22NO5P/c1-4-13(15-14-9-7-6-8-10-14)11-19-21(17,18-5-2)20-12(3)16/h6-10,13,15H,4-5,11H2,1-3H3. The number of nitrogens with one attached hydrogen (secondary N) is 1. The van der Waals surface area contributed by atoms with Crippen LogP contribution in [0.1, 0.15) is 27.2 Å². The van der Waals surface area contributed by atoms with E-state index in [1.807, 2.05) is 37.3 Å². The van der Waals surface area contributed by atoms with E-state index < -0.39 is 13.8 Å². The molecule has 2 atom stereocenters. The van der Waals surface area contributed by atoms with Crippen LogP contribution in [-0.2, 0) is 22.9 Å². The lowest BCUT2D eigenvalue weighted by molar-refractivity contribution is -0.133. The molecule has 0 fully saturated rings. The molecule has 0 aliphatic rings. The largest absolute Gasteiger partial charge is 0.532 e. The summed E-state index contributed by atoms with van der Waals surface area (Å²) in [6.07, 6.45) is 0.751. The molecule has 21 heavy (non-hydrogen) atoms. The highest BCUT2D eigenvalue weighted by atomic mass is 31.2. The van der Waals surface area contributed by atoms with Gasteiger partial charge in [0.25, 0.3) is 0 Å². The molecule has 1 rings (SSSR count). The highest BCUT2D eigenvalue weighted by Crippen LogP contribution is 2.49. The van der Waals surface area contributed by atoms with Crippen LogP contribution in [0, 0.1) is 0 Å². The van der Waals surface area contributed by atoms with Gasteiger partial charge in [0.1, 0.15) is 0 Å². The highest BCUT2D eigenvalue weighted by molar-refractivity contribution is 7.49. The third kappa shape index (κ3) is 6.76. The Morgan fingerprint density at radius 1 is 1.24 bits per heavy atom. The van der Waals surface area contributed by atoms with Gasteiger partial charge in [-0.3, -0.25) is 13.8 Å². The minimum atomic E-state index is -3.84. The van der Waals surface area contributed by atoms with E-state index in [9.17, 15) is 9.36 Å². The van der Waals surface area contributed by atoms with Crippen LogP contribution in [0.3, 0.4) is 0 Å². The van der Waals surface area contributed by atoms with Crippen LogP contribution >= 0.6 is 7.82 Å². The van der Waals surface area contributed by atoms with Gasteiger partial charge in [-0.2, -0.15) is 0 Å². The highest BCUT2D eigenvalue weighted by Gasteiger charge is 2.30. The average molecular weight is 315 g/mol. The Kier molecular flexibility index (Phi) is 7.43. The van der Waals surface area contributed by atoms with Crippen molar-refractivity contribution in [3.63, 3.8) is 0 Å². The molecule has 1 aromatic carbocycles. The number of para-hydroxylation sites is 1. The van der Waals surface area contributed by atoms with Gasteiger partial charge in [0.2, 0.25) is 0 Å². The third-order valence-corrected chi connectivity index (χ3v) is 4.12. The molecule has 7 heteroatoms. The second kappa shape index (κ2) is 8.82. The number of hydrogen-bond donors (Lipinski definition) is 1. The van der Waals surface area contributed by atoms with E-state index in [0.29, 0.717) is 0 Å². The van der Waals surface area contributed by atoms with Crippen LogP contribution in [0.5, 0.6) is 0 Å². The van der Waals surface area contributed by atoms with Gasteiger partial charge in [-0.25, -0.2) is 4.57 Å². The fourth-order valence-electron chi connectivity index (χ4n) is 1.62. The number of anilines is 1. The molecule has 0 radical (unpaired) electrons. The molecule has 0 heterocycles. The first kappa shape index (κ1) is 17.7. The predicted molar refractivity (Wildman–Crippen MR) is 81.1 cm³/mol. The Labute approximate surface area is 125 Å². The van der Waals surface area contributed by atoms with E-state index >= 15 is 0 Å². The molecule has 0 spiro atoms. The second-order valence-corrected chi connectivity index (χ2v) is 5.95. The van der Waals surface area contributed by atoms with Crippen molar-refractivity contribution in [3.05, 3.63) is 30.3 Å². The van der Waals surface area contributed by atoms with E-state index in [-0.39, 0.29) is 19.3 Å². The minimum absolute atomic E-state index is 0.0725. The summed E-state index contributed by atoms with van der Waals surface area (Å²) in [5.74, 6) is -0.698. The number of phosphoric ester groups is 1. The van der Waals surface area contributed by atoms with Crippen LogP contribution in [-0.4, -0.2) is 25.2 Å². The molecule has 1 N–H and O–H groups in total. The van der Waals surface area contributed by atoms with Crippen molar-refractivity contribution in [2.75, 3.05) is 18.5 Å². The van der Waals surface area contributed by atoms with Crippen molar-refractivity contribution in [3.8, 4) is 0 Å². The molecule has 6 nitrogen and oxygen atoms in total. The number of phosphoric acid groups is 1. The maximum Gasteiger partial charge on any atom is 0.532 e. The Morgan fingerprint density at radius 3 is 2.43 bits per heavy atom.